The molecule has 11 heteroatoms. The van der Waals surface area contributed by atoms with Crippen molar-refractivity contribution in [2.75, 3.05) is 12.9 Å². The van der Waals surface area contributed by atoms with Crippen LogP contribution in [0.5, 0.6) is 5.75 Å². The zero-order valence-corrected chi connectivity index (χ0v) is 16.3. The number of ether oxygens (including phenoxy) is 1. The van der Waals surface area contributed by atoms with Gasteiger partial charge in [0.15, 0.2) is 11.0 Å². The number of hydrogen-bond acceptors (Lipinski definition) is 7. The maximum absolute atomic E-state index is 11.5. The lowest BCUT2D eigenvalue weighted by Gasteiger charge is -2.11. The van der Waals surface area contributed by atoms with Gasteiger partial charge in [-0.1, -0.05) is 11.8 Å². The number of nitrogens with zero attached hydrogens (tertiary/aromatic N) is 3. The van der Waals surface area contributed by atoms with Gasteiger partial charge in [-0.2, -0.15) is 0 Å². The fourth-order valence-electron chi connectivity index (χ4n) is 2.43. The van der Waals surface area contributed by atoms with Crippen LogP contribution in [-0.4, -0.2) is 47.1 Å². The van der Waals surface area contributed by atoms with Crippen molar-refractivity contribution in [1.29, 1.82) is 0 Å². The summed E-state index contributed by atoms with van der Waals surface area (Å²) in [5.41, 5.74) is 1.29. The predicted octanol–water partition coefficient (Wildman–Crippen LogP) is 1.77. The van der Waals surface area contributed by atoms with Crippen LogP contribution in [0, 0.1) is 0 Å². The molecule has 3 aromatic rings. The molecular weight excluding hydrogens is 404 g/mol. The summed E-state index contributed by atoms with van der Waals surface area (Å²) in [6.07, 6.45) is 0. The zero-order chi connectivity index (χ0) is 20.3. The van der Waals surface area contributed by atoms with Gasteiger partial charge in [0, 0.05) is 11.3 Å². The van der Waals surface area contributed by atoms with E-state index in [0.29, 0.717) is 22.4 Å². The number of aromatic nitrogens is 3. The van der Waals surface area contributed by atoms with Gasteiger partial charge in [0.25, 0.3) is 0 Å². The molecule has 1 aromatic heterocycles. The average molecular weight is 420 g/mol. The normalized spacial score (nSPS) is 11.4. The summed E-state index contributed by atoms with van der Waals surface area (Å²) in [6.45, 7) is 0. The Morgan fingerprint density at radius 1 is 1.14 bits per heavy atom. The number of thioether (sulfide) groups is 1. The number of methoxy groups -OCH3 is 1. The van der Waals surface area contributed by atoms with Crippen LogP contribution < -0.4 is 9.88 Å². The second-order valence-electron chi connectivity index (χ2n) is 5.59. The molecule has 1 heterocycles. The van der Waals surface area contributed by atoms with E-state index in [1.54, 1.807) is 48.1 Å². The van der Waals surface area contributed by atoms with Gasteiger partial charge in [-0.25, -0.2) is 13.6 Å². The van der Waals surface area contributed by atoms with Crippen LogP contribution >= 0.6 is 11.8 Å². The summed E-state index contributed by atoms with van der Waals surface area (Å²) in [7, 11) is -2.27. The maximum atomic E-state index is 11.5. The number of nitrogens with two attached hydrogens (primary N) is 1. The van der Waals surface area contributed by atoms with Gasteiger partial charge in [0.05, 0.1) is 17.8 Å². The molecule has 0 unspecified atom stereocenters. The lowest BCUT2D eigenvalue weighted by Crippen LogP contribution is -2.12. The summed E-state index contributed by atoms with van der Waals surface area (Å²) in [6, 6.07) is 13.0. The first-order valence-electron chi connectivity index (χ1n) is 7.87. The van der Waals surface area contributed by atoms with Crippen molar-refractivity contribution >= 4 is 27.8 Å². The van der Waals surface area contributed by atoms with Gasteiger partial charge < -0.3 is 9.84 Å². The van der Waals surface area contributed by atoms with Crippen LogP contribution in [0.1, 0.15) is 0 Å². The van der Waals surface area contributed by atoms with Crippen molar-refractivity contribution in [3.63, 3.8) is 0 Å². The predicted molar refractivity (Wildman–Crippen MR) is 103 cm³/mol. The van der Waals surface area contributed by atoms with E-state index in [2.05, 4.69) is 10.2 Å². The van der Waals surface area contributed by atoms with E-state index in [1.807, 2.05) is 0 Å². The molecule has 0 aliphatic carbocycles. The molecule has 0 radical (unpaired) electrons. The molecule has 3 rings (SSSR count). The molecule has 0 fully saturated rings. The molecule has 3 N–H and O–H groups in total. The van der Waals surface area contributed by atoms with Crippen LogP contribution in [0.25, 0.3) is 17.1 Å². The van der Waals surface area contributed by atoms with E-state index >= 15 is 0 Å². The monoisotopic (exact) mass is 420 g/mol. The fraction of sp³-hybridized carbons (Fsp3) is 0.118. The summed E-state index contributed by atoms with van der Waals surface area (Å²) in [5, 5.41) is 22.7. The quantitative estimate of drug-likeness (QED) is 0.552. The van der Waals surface area contributed by atoms with Gasteiger partial charge in [-0.05, 0) is 48.5 Å². The zero-order valence-electron chi connectivity index (χ0n) is 14.6. The molecule has 0 atom stereocenters. The maximum Gasteiger partial charge on any atom is 0.313 e. The van der Waals surface area contributed by atoms with E-state index in [9.17, 15) is 13.2 Å². The van der Waals surface area contributed by atoms with Gasteiger partial charge >= 0.3 is 5.97 Å². The van der Waals surface area contributed by atoms with Gasteiger partial charge in [0.1, 0.15) is 5.75 Å². The highest BCUT2D eigenvalue weighted by Gasteiger charge is 2.18. The minimum atomic E-state index is -3.83. The molecule has 28 heavy (non-hydrogen) atoms. The van der Waals surface area contributed by atoms with Crippen LogP contribution in [-0.2, 0) is 14.8 Å². The molecule has 0 aliphatic rings. The number of sulfonamides is 1. The summed E-state index contributed by atoms with van der Waals surface area (Å²) >= 11 is 1.01. The Hall–Kier alpha value is -2.89. The number of benzene rings is 2. The van der Waals surface area contributed by atoms with Crippen molar-refractivity contribution in [3.05, 3.63) is 48.5 Å². The largest absolute Gasteiger partial charge is 0.497 e. The van der Waals surface area contributed by atoms with Crippen molar-refractivity contribution < 1.29 is 23.1 Å². The van der Waals surface area contributed by atoms with Crippen LogP contribution in [0.4, 0.5) is 0 Å². The molecule has 0 saturated carbocycles. The van der Waals surface area contributed by atoms with Gasteiger partial charge in [0.2, 0.25) is 10.0 Å². The Morgan fingerprint density at radius 3 is 2.32 bits per heavy atom. The Bertz CT molecular complexity index is 1090. The van der Waals surface area contributed by atoms with E-state index < -0.39 is 16.0 Å². The van der Waals surface area contributed by atoms with Crippen LogP contribution in [0.2, 0.25) is 0 Å². The summed E-state index contributed by atoms with van der Waals surface area (Å²) < 4.78 is 29.8. The first-order chi connectivity index (χ1) is 13.3. The van der Waals surface area contributed by atoms with E-state index in [-0.39, 0.29) is 10.6 Å². The van der Waals surface area contributed by atoms with Crippen LogP contribution in [0.3, 0.4) is 0 Å². The molecular formula is C17H16N4O5S2. The first kappa shape index (κ1) is 19.9. The number of carbonyl (C=O) groups is 1. The van der Waals surface area contributed by atoms with E-state index in [1.165, 1.54) is 12.1 Å². The van der Waals surface area contributed by atoms with E-state index in [4.69, 9.17) is 15.0 Å². The smallest absolute Gasteiger partial charge is 0.313 e. The molecule has 0 saturated heterocycles. The van der Waals surface area contributed by atoms with Crippen molar-refractivity contribution in [1.82, 2.24) is 14.8 Å². The van der Waals surface area contributed by atoms with Crippen molar-refractivity contribution in [3.8, 4) is 22.8 Å². The lowest BCUT2D eigenvalue weighted by atomic mass is 10.2. The topological polar surface area (TPSA) is 137 Å². The SMILES string of the molecule is COc1ccc(-c2nnc(SCC(=O)O)n2-c2ccc(S(N)(=O)=O)cc2)cc1. The number of carboxylic acids is 1. The third-order valence-electron chi connectivity index (χ3n) is 3.73. The summed E-state index contributed by atoms with van der Waals surface area (Å²) in [5.74, 6) is -0.0439. The highest BCUT2D eigenvalue weighted by molar-refractivity contribution is 7.99. The number of carboxylic acid groups (broad SMARTS) is 1. The standard InChI is InChI=1S/C17H16N4O5S2/c1-26-13-6-2-11(3-7-13)16-19-20-17(27-10-15(22)23)21(16)12-4-8-14(9-5-12)28(18,24)25/h2-9H,10H2,1H3,(H,22,23)(H2,18,24,25). The van der Waals surface area contributed by atoms with E-state index in [0.717, 1.165) is 17.3 Å². The number of primary sulfonamides is 1. The Morgan fingerprint density at radius 2 is 1.79 bits per heavy atom. The third-order valence-corrected chi connectivity index (χ3v) is 5.57. The Kier molecular flexibility index (Phi) is 5.68. The second kappa shape index (κ2) is 8.00. The summed E-state index contributed by atoms with van der Waals surface area (Å²) in [4.78, 5) is 10.9. The molecule has 0 aliphatic heterocycles. The molecule has 9 nitrogen and oxygen atoms in total. The van der Waals surface area contributed by atoms with Gasteiger partial charge in [-0.15, -0.1) is 10.2 Å². The fourth-order valence-corrected chi connectivity index (χ4v) is 3.62. The third kappa shape index (κ3) is 4.32. The highest BCUT2D eigenvalue weighted by atomic mass is 32.2. The molecule has 0 amide bonds. The molecule has 146 valence electrons. The van der Waals surface area contributed by atoms with Crippen molar-refractivity contribution in [2.45, 2.75) is 10.1 Å². The highest BCUT2D eigenvalue weighted by Crippen LogP contribution is 2.29. The molecule has 2 aromatic carbocycles. The minimum Gasteiger partial charge on any atom is -0.497 e. The Labute approximate surface area is 165 Å². The lowest BCUT2D eigenvalue weighted by molar-refractivity contribution is -0.133. The molecule has 0 spiro atoms. The Balaban J connectivity index is 2.09. The number of aliphatic carboxylic acids is 1. The van der Waals surface area contributed by atoms with Crippen LogP contribution in [0.15, 0.2) is 58.6 Å². The van der Waals surface area contributed by atoms with Crippen molar-refractivity contribution in [2.24, 2.45) is 5.14 Å². The number of hydrogen-bond donors (Lipinski definition) is 2. The molecule has 0 bridgehead atoms. The van der Waals surface area contributed by atoms with Gasteiger partial charge in [-0.3, -0.25) is 9.36 Å². The second-order valence-corrected chi connectivity index (χ2v) is 8.10. The minimum absolute atomic E-state index is 0.0324. The number of rotatable bonds is 7. The average Bonchev–Trinajstić information content (AvgIpc) is 3.09. The first-order valence-corrected chi connectivity index (χ1v) is 10.4.